The van der Waals surface area contributed by atoms with Gasteiger partial charge in [0.15, 0.2) is 0 Å². The molecule has 1 fully saturated rings. The SMILES string of the molecule is N[C@@H]1CCCC[C@@H]1n1ccnc1. The van der Waals surface area contributed by atoms with Crippen LogP contribution in [0.1, 0.15) is 31.7 Å². The van der Waals surface area contributed by atoms with Gasteiger partial charge in [-0.2, -0.15) is 0 Å². The van der Waals surface area contributed by atoms with E-state index in [-0.39, 0.29) is 0 Å². The van der Waals surface area contributed by atoms with Crippen LogP contribution in [-0.4, -0.2) is 15.6 Å². The Balaban J connectivity index is 2.11. The Labute approximate surface area is 72.6 Å². The molecule has 0 aromatic carbocycles. The van der Waals surface area contributed by atoms with E-state index < -0.39 is 0 Å². The maximum absolute atomic E-state index is 6.02. The van der Waals surface area contributed by atoms with Crippen LogP contribution in [0.15, 0.2) is 18.7 Å². The first-order chi connectivity index (χ1) is 5.88. The van der Waals surface area contributed by atoms with Gasteiger partial charge in [0.05, 0.1) is 6.33 Å². The molecule has 12 heavy (non-hydrogen) atoms. The predicted octanol–water partition coefficient (Wildman–Crippen LogP) is 1.33. The largest absolute Gasteiger partial charge is 0.333 e. The van der Waals surface area contributed by atoms with Crippen LogP contribution in [-0.2, 0) is 0 Å². The van der Waals surface area contributed by atoms with Crippen molar-refractivity contribution in [2.45, 2.75) is 37.8 Å². The standard InChI is InChI=1S/C9H15N3/c10-8-3-1-2-4-9(8)12-6-5-11-7-12/h5-9H,1-4,10H2/t8-,9+/m1/s1. The molecule has 0 aliphatic heterocycles. The second kappa shape index (κ2) is 3.27. The third-order valence-corrected chi connectivity index (χ3v) is 2.69. The molecular formula is C9H15N3. The molecule has 1 aromatic heterocycles. The number of rotatable bonds is 1. The van der Waals surface area contributed by atoms with Gasteiger partial charge in [0.1, 0.15) is 0 Å². The zero-order valence-corrected chi connectivity index (χ0v) is 7.19. The lowest BCUT2D eigenvalue weighted by molar-refractivity contribution is 0.306. The van der Waals surface area contributed by atoms with Gasteiger partial charge >= 0.3 is 0 Å². The smallest absolute Gasteiger partial charge is 0.0949 e. The van der Waals surface area contributed by atoms with Crippen molar-refractivity contribution in [3.8, 4) is 0 Å². The molecule has 3 heteroatoms. The highest BCUT2D eigenvalue weighted by Gasteiger charge is 2.22. The first-order valence-electron chi connectivity index (χ1n) is 4.61. The monoisotopic (exact) mass is 165 g/mol. The van der Waals surface area contributed by atoms with Crippen LogP contribution < -0.4 is 5.73 Å². The van der Waals surface area contributed by atoms with Crippen molar-refractivity contribution < 1.29 is 0 Å². The fourth-order valence-corrected chi connectivity index (χ4v) is 1.98. The summed E-state index contributed by atoms with van der Waals surface area (Å²) in [7, 11) is 0. The minimum atomic E-state index is 0.327. The summed E-state index contributed by atoms with van der Waals surface area (Å²) in [4.78, 5) is 4.04. The average molecular weight is 165 g/mol. The van der Waals surface area contributed by atoms with Gasteiger partial charge in [-0.25, -0.2) is 4.98 Å². The summed E-state index contributed by atoms with van der Waals surface area (Å²) in [5, 5.41) is 0. The molecule has 0 bridgehead atoms. The molecule has 0 unspecified atom stereocenters. The number of nitrogens with zero attached hydrogens (tertiary/aromatic N) is 2. The lowest BCUT2D eigenvalue weighted by atomic mass is 9.91. The summed E-state index contributed by atoms with van der Waals surface area (Å²) in [5.74, 6) is 0. The number of hydrogen-bond acceptors (Lipinski definition) is 2. The second-order valence-electron chi connectivity index (χ2n) is 3.53. The molecule has 3 nitrogen and oxygen atoms in total. The summed E-state index contributed by atoms with van der Waals surface area (Å²) >= 11 is 0. The fraction of sp³-hybridized carbons (Fsp3) is 0.667. The lowest BCUT2D eigenvalue weighted by Gasteiger charge is -2.29. The van der Waals surface area contributed by atoms with Crippen LogP contribution in [0, 0.1) is 0 Å². The summed E-state index contributed by atoms with van der Waals surface area (Å²) in [5.41, 5.74) is 6.02. The molecule has 2 atom stereocenters. The Hall–Kier alpha value is -0.830. The number of aromatic nitrogens is 2. The van der Waals surface area contributed by atoms with Crippen LogP contribution in [0.3, 0.4) is 0 Å². The van der Waals surface area contributed by atoms with Gasteiger partial charge in [-0.3, -0.25) is 0 Å². The van der Waals surface area contributed by atoms with Gasteiger partial charge in [0, 0.05) is 24.5 Å². The van der Waals surface area contributed by atoms with E-state index in [0.717, 1.165) is 6.42 Å². The Bertz CT molecular complexity index is 230. The van der Waals surface area contributed by atoms with E-state index in [1.54, 1.807) is 0 Å². The van der Waals surface area contributed by atoms with Gasteiger partial charge in [-0.05, 0) is 12.8 Å². The maximum atomic E-state index is 6.02. The summed E-state index contributed by atoms with van der Waals surface area (Å²) in [6, 6.07) is 0.814. The van der Waals surface area contributed by atoms with Crippen LogP contribution in [0.25, 0.3) is 0 Å². The van der Waals surface area contributed by atoms with Gasteiger partial charge in [0.25, 0.3) is 0 Å². The number of hydrogen-bond donors (Lipinski definition) is 1. The molecular weight excluding hydrogens is 150 g/mol. The van der Waals surface area contributed by atoms with Gasteiger partial charge in [-0.1, -0.05) is 12.8 Å². The molecule has 0 spiro atoms. The molecule has 1 aliphatic carbocycles. The van der Waals surface area contributed by atoms with Crippen LogP contribution >= 0.6 is 0 Å². The van der Waals surface area contributed by atoms with Gasteiger partial charge in [-0.15, -0.1) is 0 Å². The van der Waals surface area contributed by atoms with E-state index >= 15 is 0 Å². The molecule has 1 aliphatic rings. The van der Waals surface area contributed by atoms with Crippen molar-refractivity contribution in [2.24, 2.45) is 5.73 Å². The quantitative estimate of drug-likeness (QED) is 0.682. The number of imidazole rings is 1. The van der Waals surface area contributed by atoms with Crippen LogP contribution in [0.5, 0.6) is 0 Å². The van der Waals surface area contributed by atoms with E-state index in [1.807, 2.05) is 18.7 Å². The summed E-state index contributed by atoms with van der Waals surface area (Å²) in [6.07, 6.45) is 10.6. The highest BCUT2D eigenvalue weighted by atomic mass is 15.1. The van der Waals surface area contributed by atoms with Crippen molar-refractivity contribution in [3.05, 3.63) is 18.7 Å². The Kier molecular flexibility index (Phi) is 2.13. The van der Waals surface area contributed by atoms with Crippen LogP contribution in [0.4, 0.5) is 0 Å². The van der Waals surface area contributed by atoms with Crippen molar-refractivity contribution in [1.29, 1.82) is 0 Å². The number of nitrogens with two attached hydrogens (primary N) is 1. The molecule has 0 radical (unpaired) electrons. The average Bonchev–Trinajstić information content (AvgIpc) is 2.57. The molecule has 0 amide bonds. The molecule has 0 saturated heterocycles. The van der Waals surface area contributed by atoms with E-state index in [2.05, 4.69) is 9.55 Å². The molecule has 1 saturated carbocycles. The van der Waals surface area contributed by atoms with Crippen LogP contribution in [0.2, 0.25) is 0 Å². The molecule has 1 aromatic rings. The lowest BCUT2D eigenvalue weighted by Crippen LogP contribution is -2.34. The predicted molar refractivity (Wildman–Crippen MR) is 47.7 cm³/mol. The topological polar surface area (TPSA) is 43.8 Å². The maximum Gasteiger partial charge on any atom is 0.0949 e. The molecule has 2 N–H and O–H groups in total. The first kappa shape index (κ1) is 7.80. The van der Waals surface area contributed by atoms with Crippen molar-refractivity contribution in [3.63, 3.8) is 0 Å². The van der Waals surface area contributed by atoms with E-state index in [9.17, 15) is 0 Å². The van der Waals surface area contributed by atoms with Crippen molar-refractivity contribution in [1.82, 2.24) is 9.55 Å². The zero-order chi connectivity index (χ0) is 8.39. The minimum absolute atomic E-state index is 0.327. The first-order valence-corrected chi connectivity index (χ1v) is 4.61. The van der Waals surface area contributed by atoms with E-state index in [1.165, 1.54) is 19.3 Å². The van der Waals surface area contributed by atoms with Crippen molar-refractivity contribution in [2.75, 3.05) is 0 Å². The van der Waals surface area contributed by atoms with E-state index in [4.69, 9.17) is 5.73 Å². The third kappa shape index (κ3) is 1.37. The molecule has 2 rings (SSSR count). The Morgan fingerprint density at radius 2 is 2.17 bits per heavy atom. The molecule has 66 valence electrons. The van der Waals surface area contributed by atoms with Gasteiger partial charge < -0.3 is 10.3 Å². The zero-order valence-electron chi connectivity index (χ0n) is 7.19. The minimum Gasteiger partial charge on any atom is -0.333 e. The highest BCUT2D eigenvalue weighted by Crippen LogP contribution is 2.26. The third-order valence-electron chi connectivity index (χ3n) is 2.69. The fourth-order valence-electron chi connectivity index (χ4n) is 1.98. The Morgan fingerprint density at radius 1 is 1.33 bits per heavy atom. The summed E-state index contributed by atoms with van der Waals surface area (Å²) < 4.78 is 2.14. The molecule has 1 heterocycles. The highest BCUT2D eigenvalue weighted by molar-refractivity contribution is 4.88. The summed E-state index contributed by atoms with van der Waals surface area (Å²) in [6.45, 7) is 0. The normalized spacial score (nSPS) is 30.4. The second-order valence-corrected chi connectivity index (χ2v) is 3.53. The van der Waals surface area contributed by atoms with E-state index in [0.29, 0.717) is 12.1 Å². The Morgan fingerprint density at radius 3 is 2.83 bits per heavy atom. The van der Waals surface area contributed by atoms with Gasteiger partial charge in [0.2, 0.25) is 0 Å². The van der Waals surface area contributed by atoms with Crippen molar-refractivity contribution >= 4 is 0 Å².